The maximum Gasteiger partial charge on any atom is 0.336 e. The van der Waals surface area contributed by atoms with Gasteiger partial charge in [0.05, 0.1) is 17.1 Å². The molecule has 0 saturated carbocycles. The van der Waals surface area contributed by atoms with E-state index in [1.54, 1.807) is 20.8 Å². The monoisotopic (exact) mass is 404 g/mol. The van der Waals surface area contributed by atoms with Crippen molar-refractivity contribution in [2.24, 2.45) is 5.92 Å². The number of carbonyl (C=O) groups is 1. The van der Waals surface area contributed by atoms with Gasteiger partial charge in [0.1, 0.15) is 23.2 Å². The van der Waals surface area contributed by atoms with Gasteiger partial charge in [0.2, 0.25) is 0 Å². The average Bonchev–Trinajstić information content (AvgIpc) is 3.05. The molecule has 1 aliphatic rings. The molecule has 2 atom stereocenters. The Bertz CT molecular complexity index is 1010. The molecule has 158 valence electrons. The van der Waals surface area contributed by atoms with E-state index in [0.717, 1.165) is 0 Å². The summed E-state index contributed by atoms with van der Waals surface area (Å²) in [6.07, 6.45) is -0.975. The Hall–Kier alpha value is -2.38. The van der Waals surface area contributed by atoms with E-state index in [1.165, 1.54) is 6.07 Å². The fraction of sp³-hybridized carbons (Fsp3) is 0.545. The van der Waals surface area contributed by atoms with Crippen LogP contribution >= 0.6 is 0 Å². The molecule has 1 aromatic carbocycles. The van der Waals surface area contributed by atoms with Crippen LogP contribution in [0, 0.1) is 5.92 Å². The highest BCUT2D eigenvalue weighted by Crippen LogP contribution is 2.48. The smallest absolute Gasteiger partial charge is 0.336 e. The van der Waals surface area contributed by atoms with Crippen molar-refractivity contribution in [2.45, 2.75) is 71.7 Å². The van der Waals surface area contributed by atoms with Crippen LogP contribution in [0.4, 0.5) is 0 Å². The SMILES string of the molecule is CC[C@H](O)c1cc(=O)oc2c(C(=O)CC(C)C)c(O)c3c(c12)OC(C(C)(C)O)C3. The lowest BCUT2D eigenvalue weighted by atomic mass is 9.90. The summed E-state index contributed by atoms with van der Waals surface area (Å²) in [6.45, 7) is 8.70. The van der Waals surface area contributed by atoms with Gasteiger partial charge in [-0.05, 0) is 26.2 Å². The number of hydrogen-bond acceptors (Lipinski definition) is 7. The zero-order valence-corrected chi connectivity index (χ0v) is 17.4. The first-order chi connectivity index (χ1) is 13.5. The zero-order chi connectivity index (χ0) is 21.7. The predicted molar refractivity (Wildman–Crippen MR) is 108 cm³/mol. The van der Waals surface area contributed by atoms with Gasteiger partial charge in [0.25, 0.3) is 0 Å². The summed E-state index contributed by atoms with van der Waals surface area (Å²) in [7, 11) is 0. The third-order valence-corrected chi connectivity index (χ3v) is 5.30. The molecular weight excluding hydrogens is 376 g/mol. The fourth-order valence-electron chi connectivity index (χ4n) is 3.74. The van der Waals surface area contributed by atoms with E-state index >= 15 is 0 Å². The van der Waals surface area contributed by atoms with E-state index < -0.39 is 23.4 Å². The largest absolute Gasteiger partial charge is 0.507 e. The van der Waals surface area contributed by atoms with Crippen LogP contribution in [0.2, 0.25) is 0 Å². The van der Waals surface area contributed by atoms with Gasteiger partial charge in [-0.1, -0.05) is 20.8 Å². The molecule has 1 unspecified atom stereocenters. The maximum absolute atomic E-state index is 13.0. The summed E-state index contributed by atoms with van der Waals surface area (Å²) in [5.74, 6) is -0.391. The molecule has 7 heteroatoms. The van der Waals surface area contributed by atoms with Crippen molar-refractivity contribution < 1.29 is 29.3 Å². The molecule has 29 heavy (non-hydrogen) atoms. The first kappa shape index (κ1) is 21.3. The number of phenols is 1. The lowest BCUT2D eigenvalue weighted by Gasteiger charge is -2.25. The van der Waals surface area contributed by atoms with Gasteiger partial charge < -0.3 is 24.5 Å². The number of fused-ring (bicyclic) bond motifs is 3. The van der Waals surface area contributed by atoms with E-state index in [9.17, 15) is 24.9 Å². The second-order valence-corrected chi connectivity index (χ2v) is 8.67. The number of aliphatic hydroxyl groups excluding tert-OH is 1. The number of Topliss-reactive ketones (excluding diaryl/α,β-unsaturated/α-hetero) is 1. The van der Waals surface area contributed by atoms with Gasteiger partial charge in [-0.2, -0.15) is 0 Å². The molecular formula is C22H28O7. The van der Waals surface area contributed by atoms with Crippen molar-refractivity contribution >= 4 is 16.8 Å². The second-order valence-electron chi connectivity index (χ2n) is 8.67. The minimum atomic E-state index is -1.21. The second kappa shape index (κ2) is 7.46. The molecule has 0 saturated heterocycles. The normalized spacial score (nSPS) is 17.4. The van der Waals surface area contributed by atoms with Gasteiger partial charge in [-0.3, -0.25) is 4.79 Å². The highest BCUT2D eigenvalue weighted by Gasteiger charge is 2.40. The van der Waals surface area contributed by atoms with E-state index in [4.69, 9.17) is 9.15 Å². The number of phenolic OH excluding ortho intramolecular Hbond substituents is 1. The van der Waals surface area contributed by atoms with E-state index in [2.05, 4.69) is 0 Å². The molecule has 3 N–H and O–H groups in total. The molecule has 0 bridgehead atoms. The van der Waals surface area contributed by atoms with Crippen LogP contribution < -0.4 is 10.4 Å². The molecule has 1 aromatic heterocycles. The van der Waals surface area contributed by atoms with Crippen LogP contribution in [0.5, 0.6) is 11.5 Å². The minimum absolute atomic E-state index is 0.0294. The Morgan fingerprint density at radius 2 is 2.00 bits per heavy atom. The van der Waals surface area contributed by atoms with E-state index in [-0.39, 0.29) is 52.8 Å². The number of hydrogen-bond donors (Lipinski definition) is 3. The Labute approximate surface area is 168 Å². The number of carbonyl (C=O) groups excluding carboxylic acids is 1. The zero-order valence-electron chi connectivity index (χ0n) is 17.4. The molecule has 0 fully saturated rings. The number of aromatic hydroxyl groups is 1. The molecule has 2 aromatic rings. The van der Waals surface area contributed by atoms with Crippen LogP contribution in [0.1, 0.15) is 75.0 Å². The summed E-state index contributed by atoms with van der Waals surface area (Å²) in [5, 5.41) is 32.2. The Kier molecular flexibility index (Phi) is 5.49. The number of ketones is 1. The summed E-state index contributed by atoms with van der Waals surface area (Å²) in [5.41, 5.74) is -1.44. The molecule has 0 spiro atoms. The van der Waals surface area contributed by atoms with Crippen molar-refractivity contribution in [3.05, 3.63) is 33.2 Å². The standard InChI is InChI=1S/C22H28O7/c1-6-13(23)11-9-16(25)29-21-17(11)20-12(8-15(28-20)22(4,5)27)19(26)18(21)14(24)7-10(2)3/h9-10,13,15,23,26-27H,6-8H2,1-5H3/t13-,15?/m0/s1. The van der Waals surface area contributed by atoms with Gasteiger partial charge in [0, 0.05) is 30.0 Å². The topological polar surface area (TPSA) is 117 Å². The summed E-state index contributed by atoms with van der Waals surface area (Å²) < 4.78 is 11.3. The minimum Gasteiger partial charge on any atom is -0.507 e. The van der Waals surface area contributed by atoms with Crippen LogP contribution in [0.3, 0.4) is 0 Å². The number of benzene rings is 1. The maximum atomic E-state index is 13.0. The quantitative estimate of drug-likeness (QED) is 0.500. The lowest BCUT2D eigenvalue weighted by molar-refractivity contribution is -0.0225. The number of aliphatic hydroxyl groups is 2. The van der Waals surface area contributed by atoms with Crippen LogP contribution in [-0.4, -0.2) is 32.8 Å². The van der Waals surface area contributed by atoms with Crippen LogP contribution in [0.25, 0.3) is 11.0 Å². The summed E-state index contributed by atoms with van der Waals surface area (Å²) in [6, 6.07) is 1.19. The lowest BCUT2D eigenvalue weighted by Crippen LogP contribution is -2.39. The highest BCUT2D eigenvalue weighted by molar-refractivity contribution is 6.11. The van der Waals surface area contributed by atoms with Crippen molar-refractivity contribution in [3.63, 3.8) is 0 Å². The van der Waals surface area contributed by atoms with Crippen LogP contribution in [0.15, 0.2) is 15.3 Å². The Morgan fingerprint density at radius 1 is 1.34 bits per heavy atom. The van der Waals surface area contributed by atoms with Gasteiger partial charge in [0.15, 0.2) is 11.4 Å². The summed E-state index contributed by atoms with van der Waals surface area (Å²) >= 11 is 0. The fourth-order valence-corrected chi connectivity index (χ4v) is 3.74. The first-order valence-electron chi connectivity index (χ1n) is 9.91. The average molecular weight is 404 g/mol. The van der Waals surface area contributed by atoms with Crippen molar-refractivity contribution in [3.8, 4) is 11.5 Å². The Balaban J connectivity index is 2.40. The third kappa shape index (κ3) is 3.76. The first-order valence-corrected chi connectivity index (χ1v) is 9.91. The van der Waals surface area contributed by atoms with Gasteiger partial charge >= 0.3 is 5.63 Å². The molecule has 2 heterocycles. The van der Waals surface area contributed by atoms with Gasteiger partial charge in [-0.25, -0.2) is 4.79 Å². The van der Waals surface area contributed by atoms with Crippen LogP contribution in [-0.2, 0) is 6.42 Å². The highest BCUT2D eigenvalue weighted by atomic mass is 16.5. The van der Waals surface area contributed by atoms with Crippen molar-refractivity contribution in [2.75, 3.05) is 0 Å². The predicted octanol–water partition coefficient (Wildman–Crippen LogP) is 3.25. The van der Waals surface area contributed by atoms with Crippen molar-refractivity contribution in [1.29, 1.82) is 0 Å². The number of ether oxygens (including phenoxy) is 1. The number of rotatable bonds is 6. The van der Waals surface area contributed by atoms with Gasteiger partial charge in [-0.15, -0.1) is 0 Å². The van der Waals surface area contributed by atoms with E-state index in [1.807, 2.05) is 13.8 Å². The third-order valence-electron chi connectivity index (χ3n) is 5.30. The molecule has 0 radical (unpaired) electrons. The molecule has 0 amide bonds. The molecule has 7 nitrogen and oxygen atoms in total. The Morgan fingerprint density at radius 3 is 2.55 bits per heavy atom. The van der Waals surface area contributed by atoms with E-state index in [0.29, 0.717) is 17.4 Å². The molecule has 3 rings (SSSR count). The molecule has 1 aliphatic heterocycles. The molecule has 0 aliphatic carbocycles. The van der Waals surface area contributed by atoms with Crippen molar-refractivity contribution in [1.82, 2.24) is 0 Å². The summed E-state index contributed by atoms with van der Waals surface area (Å²) in [4.78, 5) is 25.2.